The molecule has 2 aromatic rings. The SMILES string of the molecule is NC(=O)c1ccccc1N(C(=O)c1ccccc1)[C]12[CH]3[CH]4[CH]5[CH]1[Fe]45321678[CH]2[CH]1[CH]6[CH]7[CH]28. The van der Waals surface area contributed by atoms with Crippen molar-refractivity contribution in [2.24, 2.45) is 5.73 Å². The van der Waals surface area contributed by atoms with Crippen molar-refractivity contribution in [3.8, 4) is 0 Å². The number of hydrogen-bond donors (Lipinski definition) is 1. The molecule has 4 unspecified atom stereocenters. The molecule has 10 aliphatic heterocycles. The number of carbonyl (C=O) groups excluding carboxylic acids is 2. The van der Waals surface area contributed by atoms with Crippen LogP contribution in [0.15, 0.2) is 54.6 Å². The third-order valence-electron chi connectivity index (χ3n) is 17.6. The standard InChI is InChI=1S/C19H15N2O2.C5H5.Fe/c20-18(22)16-12-6-7-13-17(16)21(15-10-4-5-11-15)19(23)14-8-2-1-3-9-14;1-2-4-5-3-1;/h1-13H,(H2,20,22);1-5H;. The van der Waals surface area contributed by atoms with Crippen LogP contribution in [0.2, 0.25) is 43.3 Å². The van der Waals surface area contributed by atoms with Crippen molar-refractivity contribution in [3.63, 3.8) is 0 Å². The number of benzene rings is 2. The van der Waals surface area contributed by atoms with Crippen molar-refractivity contribution >= 4 is 17.5 Å². The number of primary amides is 1. The van der Waals surface area contributed by atoms with Crippen LogP contribution in [-0.2, 0) is 6.51 Å². The van der Waals surface area contributed by atoms with E-state index in [-0.39, 0.29) is 10.3 Å². The summed E-state index contributed by atoms with van der Waals surface area (Å²) in [5.74, 6) is -0.300. The number of amides is 2. The minimum absolute atomic E-state index is 0.118. The van der Waals surface area contributed by atoms with E-state index < -0.39 is 12.4 Å². The normalized spacial score (nSPS) is 74.1. The first kappa shape index (κ1) is 12.6. The predicted molar refractivity (Wildman–Crippen MR) is 105 cm³/mol. The van der Waals surface area contributed by atoms with E-state index in [0.29, 0.717) is 5.56 Å². The minimum atomic E-state index is -3.64. The molecule has 2 N–H and O–H groups in total. The van der Waals surface area contributed by atoms with Crippen molar-refractivity contribution in [2.45, 2.75) is 47.8 Å². The first-order chi connectivity index (χ1) is 13.9. The van der Waals surface area contributed by atoms with Crippen molar-refractivity contribution in [3.05, 3.63) is 65.7 Å². The fraction of sp³-hybridized carbons (Fsp3) is 0.417. The summed E-state index contributed by atoms with van der Waals surface area (Å²) in [6.07, 6.45) is 0. The molecule has 10 saturated heterocycles. The molecule has 4 atom stereocenters. The molecule has 1 spiro atoms. The van der Waals surface area contributed by atoms with Crippen LogP contribution < -0.4 is 10.6 Å². The number of nitrogens with two attached hydrogens (primary N) is 1. The summed E-state index contributed by atoms with van der Waals surface area (Å²) in [5.41, 5.74) is 7.89. The number of carbonyl (C=O) groups is 2. The van der Waals surface area contributed by atoms with E-state index in [1.165, 1.54) is 0 Å². The van der Waals surface area contributed by atoms with Gasteiger partial charge in [0.25, 0.3) is 0 Å². The van der Waals surface area contributed by atoms with Gasteiger partial charge in [-0.2, -0.15) is 0 Å². The van der Waals surface area contributed by atoms with Crippen LogP contribution >= 0.6 is 0 Å². The number of para-hydroxylation sites is 1. The number of nitrogens with zero attached hydrogens (tertiary/aromatic N) is 1. The Hall–Kier alpha value is -2.10. The van der Waals surface area contributed by atoms with Crippen LogP contribution in [0, 0.1) is 0 Å². The van der Waals surface area contributed by atoms with E-state index >= 15 is 0 Å². The van der Waals surface area contributed by atoms with E-state index in [4.69, 9.17) is 5.73 Å². The average Bonchev–Trinajstić information content (AvgIpc) is 3.68. The Labute approximate surface area is 157 Å². The fourth-order valence-electron chi connectivity index (χ4n) is 18.7. The molecule has 0 aliphatic carbocycles. The van der Waals surface area contributed by atoms with Gasteiger partial charge in [-0.05, 0) is 0 Å². The first-order valence-corrected chi connectivity index (χ1v) is 17.2. The molecule has 5 heteroatoms. The summed E-state index contributed by atoms with van der Waals surface area (Å²) < 4.78 is 0.192. The monoisotopic (exact) mass is 424 g/mol. The topological polar surface area (TPSA) is 63.4 Å². The van der Waals surface area contributed by atoms with E-state index in [0.717, 1.165) is 54.6 Å². The Balaban J connectivity index is 1.22. The van der Waals surface area contributed by atoms with Crippen molar-refractivity contribution in [1.29, 1.82) is 0 Å². The van der Waals surface area contributed by atoms with Gasteiger partial charge in [-0.15, -0.1) is 0 Å². The third-order valence-corrected chi connectivity index (χ3v) is 59.7. The zero-order chi connectivity index (χ0) is 18.8. The Morgan fingerprint density at radius 2 is 1.34 bits per heavy atom. The van der Waals surface area contributed by atoms with Gasteiger partial charge in [0.2, 0.25) is 0 Å². The van der Waals surface area contributed by atoms with Crippen molar-refractivity contribution in [2.75, 3.05) is 4.90 Å². The van der Waals surface area contributed by atoms with E-state index in [1.807, 2.05) is 54.6 Å². The summed E-state index contributed by atoms with van der Waals surface area (Å²) in [4.78, 5) is 38.4. The van der Waals surface area contributed by atoms with E-state index in [2.05, 4.69) is 4.90 Å². The van der Waals surface area contributed by atoms with Crippen LogP contribution in [0.3, 0.4) is 0 Å². The Morgan fingerprint density at radius 3 is 1.83 bits per heavy atom. The van der Waals surface area contributed by atoms with Gasteiger partial charge in [-0.25, -0.2) is 0 Å². The summed E-state index contributed by atoms with van der Waals surface area (Å²) in [6, 6.07) is 17.4. The molecule has 4 nitrogen and oxygen atoms in total. The van der Waals surface area contributed by atoms with Crippen LogP contribution in [0.1, 0.15) is 20.7 Å². The number of anilines is 1. The molecule has 2 amide bonds. The van der Waals surface area contributed by atoms with Gasteiger partial charge in [0.05, 0.1) is 0 Å². The molecule has 10 heterocycles. The second kappa shape index (κ2) is 1.52. The molecule has 0 aromatic heterocycles. The maximum absolute atomic E-state index is 14.2. The van der Waals surface area contributed by atoms with Crippen LogP contribution in [0.25, 0.3) is 0 Å². The Kier molecular flexibility index (Phi) is 0.657. The first-order valence-electron chi connectivity index (χ1n) is 10.9. The van der Waals surface area contributed by atoms with E-state index in [9.17, 15) is 9.59 Å². The van der Waals surface area contributed by atoms with Gasteiger partial charge >= 0.3 is 158 Å². The predicted octanol–water partition coefficient (Wildman–Crippen LogP) is 4.73. The maximum atomic E-state index is 14.2. The van der Waals surface area contributed by atoms with Gasteiger partial charge in [0.1, 0.15) is 0 Å². The zero-order valence-electron chi connectivity index (χ0n) is 15.6. The van der Waals surface area contributed by atoms with Gasteiger partial charge in [0.15, 0.2) is 0 Å². The summed E-state index contributed by atoms with van der Waals surface area (Å²) in [7, 11) is 0. The Bertz CT molecular complexity index is 1620. The number of fused-ring (bicyclic) bond motifs is 10. The quantitative estimate of drug-likeness (QED) is 0.722. The Morgan fingerprint density at radius 1 is 0.793 bits per heavy atom. The molecular formula is C24H20FeN2O2. The van der Waals surface area contributed by atoms with Crippen molar-refractivity contribution < 1.29 is 16.1 Å². The molecule has 29 heavy (non-hydrogen) atoms. The molecular weight excluding hydrogens is 404 g/mol. The van der Waals surface area contributed by atoms with Gasteiger partial charge in [-0.1, -0.05) is 0 Å². The fourth-order valence-corrected chi connectivity index (χ4v) is 92.2. The second-order valence-corrected chi connectivity index (χ2v) is 37.1. The van der Waals surface area contributed by atoms with Gasteiger partial charge < -0.3 is 0 Å². The van der Waals surface area contributed by atoms with Crippen LogP contribution in [-0.4, -0.2) is 16.3 Å². The number of hydrogen-bond acceptors (Lipinski definition) is 2. The molecule has 146 valence electrons. The molecule has 0 radical (unpaired) electrons. The van der Waals surface area contributed by atoms with Gasteiger partial charge in [0, 0.05) is 0 Å². The van der Waals surface area contributed by atoms with Crippen LogP contribution in [0.5, 0.6) is 0 Å². The van der Waals surface area contributed by atoms with Gasteiger partial charge in [-0.3, -0.25) is 0 Å². The molecule has 0 saturated carbocycles. The summed E-state index contributed by atoms with van der Waals surface area (Å²) in [5, 5.41) is 0. The summed E-state index contributed by atoms with van der Waals surface area (Å²) >= 11 is 0. The van der Waals surface area contributed by atoms with E-state index in [1.54, 1.807) is 0 Å². The molecule has 10 fully saturated rings. The van der Waals surface area contributed by atoms with Crippen molar-refractivity contribution in [1.82, 2.24) is 0 Å². The zero-order valence-corrected chi connectivity index (χ0v) is 16.7. The summed E-state index contributed by atoms with van der Waals surface area (Å²) in [6.45, 7) is -3.64. The second-order valence-electron chi connectivity index (χ2n) is 13.5. The van der Waals surface area contributed by atoms with Crippen LogP contribution in [0.4, 0.5) is 5.69 Å². The molecule has 2 aromatic carbocycles. The molecule has 10 aliphatic rings. The number of rotatable bonds is 4. The third kappa shape index (κ3) is 0.233. The average molecular weight is 424 g/mol. The molecule has 12 rings (SSSR count). The molecule has 0 bridgehead atoms.